The average molecular weight is 283 g/mol. The molecule has 1 saturated carbocycles. The Labute approximate surface area is 117 Å². The molecule has 1 heterocycles. The third-order valence-corrected chi connectivity index (χ3v) is 4.57. The molecule has 0 amide bonds. The quantitative estimate of drug-likeness (QED) is 0.843. The van der Waals surface area contributed by atoms with Crippen LogP contribution in [0.4, 0.5) is 0 Å². The maximum absolute atomic E-state index is 12.1. The highest BCUT2D eigenvalue weighted by atomic mass is 32.2. The van der Waals surface area contributed by atoms with E-state index in [1.165, 1.54) is 31.0 Å². The van der Waals surface area contributed by atoms with E-state index in [0.717, 1.165) is 12.8 Å². The number of aromatic amines is 1. The Kier molecular flexibility index (Phi) is 4.85. The molecule has 2 rings (SSSR count). The first kappa shape index (κ1) is 14.4. The molecule has 5 nitrogen and oxygen atoms in total. The molecule has 106 valence electrons. The Morgan fingerprint density at radius 1 is 1.42 bits per heavy atom. The second-order valence-corrected chi connectivity index (χ2v) is 6.31. The predicted molar refractivity (Wildman–Crippen MR) is 75.5 cm³/mol. The number of carbonyl (C=O) groups excluding carboxylic acids is 1. The van der Waals surface area contributed by atoms with Crippen LogP contribution in [0.3, 0.4) is 0 Å². The van der Waals surface area contributed by atoms with Gasteiger partial charge in [-0.15, -0.1) is 5.10 Å². The number of hydrogen-bond acceptors (Lipinski definition) is 4. The van der Waals surface area contributed by atoms with Gasteiger partial charge in [0.05, 0.1) is 5.75 Å². The van der Waals surface area contributed by atoms with E-state index in [1.54, 1.807) is 4.57 Å². The Bertz CT molecular complexity index is 486. The normalized spacial score (nSPS) is 17.0. The third kappa shape index (κ3) is 3.49. The van der Waals surface area contributed by atoms with Gasteiger partial charge in [0.2, 0.25) is 0 Å². The standard InChI is InChI=1S/C13H21N3O2S/c1-9(2)16-12(18)14-15-13(16)19-8-11(17)10-6-4-3-5-7-10/h9-10H,3-8H2,1-2H3,(H,14,18). The molecular weight excluding hydrogens is 262 g/mol. The van der Waals surface area contributed by atoms with Crippen LogP contribution in [0.5, 0.6) is 0 Å². The molecule has 0 atom stereocenters. The van der Waals surface area contributed by atoms with Gasteiger partial charge in [0.1, 0.15) is 5.78 Å². The van der Waals surface area contributed by atoms with E-state index in [0.29, 0.717) is 16.7 Å². The number of Topliss-reactive ketones (excluding diaryl/α,β-unsaturated/α-hetero) is 1. The zero-order valence-electron chi connectivity index (χ0n) is 11.5. The molecule has 1 aromatic heterocycles. The van der Waals surface area contributed by atoms with Crippen molar-refractivity contribution in [2.24, 2.45) is 5.92 Å². The lowest BCUT2D eigenvalue weighted by molar-refractivity contribution is -0.121. The molecule has 1 N–H and O–H groups in total. The fourth-order valence-electron chi connectivity index (χ4n) is 2.53. The topological polar surface area (TPSA) is 67.8 Å². The number of H-pyrrole nitrogens is 1. The average Bonchev–Trinajstić information content (AvgIpc) is 2.78. The predicted octanol–water partition coefficient (Wildman–Crippen LogP) is 2.39. The monoisotopic (exact) mass is 283 g/mol. The maximum Gasteiger partial charge on any atom is 0.344 e. The van der Waals surface area contributed by atoms with E-state index in [4.69, 9.17) is 0 Å². The fraction of sp³-hybridized carbons (Fsp3) is 0.769. The number of thioether (sulfide) groups is 1. The number of aromatic nitrogens is 3. The molecule has 19 heavy (non-hydrogen) atoms. The third-order valence-electron chi connectivity index (χ3n) is 3.59. The van der Waals surface area contributed by atoms with Gasteiger partial charge in [-0.3, -0.25) is 9.36 Å². The molecule has 1 aliphatic rings. The SMILES string of the molecule is CC(C)n1c(SCC(=O)C2CCCCC2)n[nH]c1=O. The van der Waals surface area contributed by atoms with Gasteiger partial charge in [-0.25, -0.2) is 9.89 Å². The first-order chi connectivity index (χ1) is 9.09. The van der Waals surface area contributed by atoms with Gasteiger partial charge in [0.25, 0.3) is 0 Å². The van der Waals surface area contributed by atoms with Crippen LogP contribution < -0.4 is 5.69 Å². The summed E-state index contributed by atoms with van der Waals surface area (Å²) >= 11 is 1.37. The summed E-state index contributed by atoms with van der Waals surface area (Å²) in [6.07, 6.45) is 5.64. The molecule has 0 bridgehead atoms. The highest BCUT2D eigenvalue weighted by Gasteiger charge is 2.22. The van der Waals surface area contributed by atoms with E-state index in [2.05, 4.69) is 10.2 Å². The zero-order chi connectivity index (χ0) is 13.8. The molecule has 0 radical (unpaired) electrons. The highest BCUT2D eigenvalue weighted by molar-refractivity contribution is 7.99. The van der Waals surface area contributed by atoms with Crippen LogP contribution in [-0.4, -0.2) is 26.3 Å². The molecule has 0 spiro atoms. The minimum atomic E-state index is -0.206. The summed E-state index contributed by atoms with van der Waals surface area (Å²) in [5.74, 6) is 0.941. The van der Waals surface area contributed by atoms with Crippen molar-refractivity contribution in [3.05, 3.63) is 10.5 Å². The van der Waals surface area contributed by atoms with Crippen LogP contribution in [0, 0.1) is 5.92 Å². The number of ketones is 1. The summed E-state index contributed by atoms with van der Waals surface area (Å²) in [5.41, 5.74) is -0.206. The van der Waals surface area contributed by atoms with E-state index in [1.807, 2.05) is 13.8 Å². The molecule has 0 unspecified atom stereocenters. The number of hydrogen-bond donors (Lipinski definition) is 1. The zero-order valence-corrected chi connectivity index (χ0v) is 12.3. The van der Waals surface area contributed by atoms with Crippen LogP contribution >= 0.6 is 11.8 Å². The number of carbonyl (C=O) groups is 1. The summed E-state index contributed by atoms with van der Waals surface area (Å²) in [6.45, 7) is 3.87. The van der Waals surface area contributed by atoms with E-state index >= 15 is 0 Å². The van der Waals surface area contributed by atoms with Gasteiger partial charge in [-0.1, -0.05) is 31.0 Å². The fourth-order valence-corrected chi connectivity index (χ4v) is 3.58. The van der Waals surface area contributed by atoms with Crippen LogP contribution in [0.2, 0.25) is 0 Å². The van der Waals surface area contributed by atoms with Crippen LogP contribution in [-0.2, 0) is 4.79 Å². The second-order valence-electron chi connectivity index (χ2n) is 5.37. The van der Waals surface area contributed by atoms with Crippen molar-refractivity contribution < 1.29 is 4.79 Å². The number of rotatable bonds is 5. The molecule has 1 aliphatic carbocycles. The summed E-state index contributed by atoms with van der Waals surface area (Å²) < 4.78 is 1.60. The number of nitrogens with one attached hydrogen (secondary N) is 1. The Hall–Kier alpha value is -1.04. The van der Waals surface area contributed by atoms with Crippen molar-refractivity contribution in [3.63, 3.8) is 0 Å². The van der Waals surface area contributed by atoms with Gasteiger partial charge in [-0.2, -0.15) is 0 Å². The Balaban J connectivity index is 1.95. The second kappa shape index (κ2) is 6.41. The maximum atomic E-state index is 12.1. The van der Waals surface area contributed by atoms with E-state index < -0.39 is 0 Å². The van der Waals surface area contributed by atoms with Gasteiger partial charge in [-0.05, 0) is 26.7 Å². The van der Waals surface area contributed by atoms with Crippen molar-refractivity contribution in [3.8, 4) is 0 Å². The Morgan fingerprint density at radius 2 is 2.11 bits per heavy atom. The minimum absolute atomic E-state index is 0.0542. The lowest BCUT2D eigenvalue weighted by Crippen LogP contribution is -2.21. The van der Waals surface area contributed by atoms with Crippen molar-refractivity contribution in [2.45, 2.75) is 57.1 Å². The van der Waals surface area contributed by atoms with E-state index in [-0.39, 0.29) is 17.6 Å². The first-order valence-corrected chi connectivity index (χ1v) is 7.90. The van der Waals surface area contributed by atoms with Gasteiger partial charge < -0.3 is 0 Å². The summed E-state index contributed by atoms with van der Waals surface area (Å²) in [6, 6.07) is 0.0542. The number of nitrogens with zero attached hydrogens (tertiary/aromatic N) is 2. The lowest BCUT2D eigenvalue weighted by atomic mass is 9.87. The molecule has 0 saturated heterocycles. The smallest absolute Gasteiger partial charge is 0.298 e. The summed E-state index contributed by atoms with van der Waals surface area (Å²) in [4.78, 5) is 23.7. The first-order valence-electron chi connectivity index (χ1n) is 6.92. The highest BCUT2D eigenvalue weighted by Crippen LogP contribution is 2.26. The summed E-state index contributed by atoms with van der Waals surface area (Å²) in [5, 5.41) is 7.05. The lowest BCUT2D eigenvalue weighted by Gasteiger charge is -2.19. The van der Waals surface area contributed by atoms with Crippen LogP contribution in [0.25, 0.3) is 0 Å². The van der Waals surface area contributed by atoms with Crippen LogP contribution in [0.1, 0.15) is 52.0 Å². The largest absolute Gasteiger partial charge is 0.344 e. The van der Waals surface area contributed by atoms with Gasteiger partial charge in [0.15, 0.2) is 5.16 Å². The van der Waals surface area contributed by atoms with Crippen molar-refractivity contribution in [2.75, 3.05) is 5.75 Å². The van der Waals surface area contributed by atoms with E-state index in [9.17, 15) is 9.59 Å². The van der Waals surface area contributed by atoms with Gasteiger partial charge in [0, 0.05) is 12.0 Å². The molecule has 6 heteroatoms. The molecular formula is C13H21N3O2S. The Morgan fingerprint density at radius 3 is 2.74 bits per heavy atom. The molecule has 1 fully saturated rings. The van der Waals surface area contributed by atoms with Crippen molar-refractivity contribution in [1.29, 1.82) is 0 Å². The summed E-state index contributed by atoms with van der Waals surface area (Å²) in [7, 11) is 0. The minimum Gasteiger partial charge on any atom is -0.298 e. The van der Waals surface area contributed by atoms with Crippen LogP contribution in [0.15, 0.2) is 9.95 Å². The van der Waals surface area contributed by atoms with Crippen molar-refractivity contribution >= 4 is 17.5 Å². The van der Waals surface area contributed by atoms with Crippen molar-refractivity contribution in [1.82, 2.24) is 14.8 Å². The molecule has 0 aromatic carbocycles. The molecule has 0 aliphatic heterocycles. The molecule has 1 aromatic rings. The van der Waals surface area contributed by atoms with Gasteiger partial charge >= 0.3 is 5.69 Å².